The van der Waals surface area contributed by atoms with Gasteiger partial charge in [-0.05, 0) is 40.9 Å². The molecule has 0 saturated heterocycles. The van der Waals surface area contributed by atoms with Crippen molar-refractivity contribution in [3.8, 4) is 11.4 Å². The molecular weight excluding hydrogens is 488 g/mol. The van der Waals surface area contributed by atoms with Crippen molar-refractivity contribution >= 4 is 32.1 Å². The molecule has 1 aliphatic rings. The number of aliphatic imine (C=N–C) groups is 1. The zero-order valence-corrected chi connectivity index (χ0v) is 19.8. The highest BCUT2D eigenvalue weighted by atomic mass is 79.9. The van der Waals surface area contributed by atoms with Gasteiger partial charge in [0, 0.05) is 43.8 Å². The van der Waals surface area contributed by atoms with Crippen LogP contribution in [-0.2, 0) is 25.8 Å². The summed E-state index contributed by atoms with van der Waals surface area (Å²) in [6.07, 6.45) is 8.94. The molecule has 5 heterocycles. The summed E-state index contributed by atoms with van der Waals surface area (Å²) in [6, 6.07) is 3.72. The monoisotopic (exact) mass is 510 g/mol. The van der Waals surface area contributed by atoms with Gasteiger partial charge in [0.15, 0.2) is 0 Å². The molecule has 0 amide bonds. The van der Waals surface area contributed by atoms with E-state index in [1.165, 1.54) is 0 Å². The van der Waals surface area contributed by atoms with E-state index in [-0.39, 0.29) is 5.56 Å². The predicted molar refractivity (Wildman–Crippen MR) is 126 cm³/mol. The van der Waals surface area contributed by atoms with Gasteiger partial charge >= 0.3 is 0 Å². The van der Waals surface area contributed by atoms with E-state index in [1.807, 2.05) is 16.7 Å². The van der Waals surface area contributed by atoms with E-state index in [0.717, 1.165) is 36.0 Å². The van der Waals surface area contributed by atoms with Crippen LogP contribution in [0.5, 0.6) is 0 Å². The van der Waals surface area contributed by atoms with Crippen LogP contribution in [0.15, 0.2) is 38.8 Å². The highest BCUT2D eigenvalue weighted by Gasteiger charge is 2.25. The van der Waals surface area contributed by atoms with Crippen molar-refractivity contribution in [1.82, 2.24) is 34.3 Å². The molecule has 0 atom stereocenters. The Morgan fingerprint density at radius 3 is 2.91 bits per heavy atom. The third-order valence-electron chi connectivity index (χ3n) is 5.66. The molecule has 0 spiro atoms. The normalized spacial score (nSPS) is 13.0. The molecule has 33 heavy (non-hydrogen) atoms. The van der Waals surface area contributed by atoms with Crippen LogP contribution in [0.4, 0.5) is 5.82 Å². The van der Waals surface area contributed by atoms with Crippen LogP contribution in [0, 0.1) is 0 Å². The first-order chi connectivity index (χ1) is 16.2. The van der Waals surface area contributed by atoms with E-state index >= 15 is 0 Å². The molecule has 11 heteroatoms. The van der Waals surface area contributed by atoms with Gasteiger partial charge in [0.05, 0.1) is 10.2 Å². The number of fused-ring (bicyclic) bond motifs is 2. The molecule has 0 unspecified atom stereocenters. The summed E-state index contributed by atoms with van der Waals surface area (Å²) in [6.45, 7) is 2.92. The number of hydrogen-bond acceptors (Lipinski definition) is 8. The Hall–Kier alpha value is -3.21. The minimum absolute atomic E-state index is 0.0957. The van der Waals surface area contributed by atoms with Gasteiger partial charge in [0.1, 0.15) is 11.6 Å². The number of rotatable bonds is 9. The van der Waals surface area contributed by atoms with Gasteiger partial charge in [-0.1, -0.05) is 24.9 Å². The second-order valence-corrected chi connectivity index (χ2v) is 8.90. The maximum atomic E-state index is 13.3. The van der Waals surface area contributed by atoms with Crippen LogP contribution in [0.25, 0.3) is 17.2 Å². The lowest BCUT2D eigenvalue weighted by Crippen LogP contribution is -2.23. The van der Waals surface area contributed by atoms with Crippen LogP contribution in [0.3, 0.4) is 0 Å². The second kappa shape index (κ2) is 9.34. The van der Waals surface area contributed by atoms with Gasteiger partial charge in [-0.3, -0.25) is 14.3 Å². The Morgan fingerprint density at radius 1 is 1.18 bits per heavy atom. The number of unbranched alkanes of at least 4 members (excludes halogenated alkanes) is 2. The number of aryl methyl sites for hydroxylation is 3. The molecule has 0 aliphatic carbocycles. The minimum atomic E-state index is -0.0957. The maximum Gasteiger partial charge on any atom is 0.266 e. The molecule has 5 rings (SSSR count). The summed E-state index contributed by atoms with van der Waals surface area (Å²) < 4.78 is 9.81. The number of hydrogen-bond donors (Lipinski definition) is 0. The van der Waals surface area contributed by atoms with Gasteiger partial charge < -0.3 is 4.52 Å². The molecule has 0 radical (unpaired) electrons. The number of aromatic nitrogens is 7. The Kier molecular flexibility index (Phi) is 6.12. The SMILES string of the molecule is CCCCCn1c2c(c(=O)n3c(CCCc4nc(-c5cccnc5)no4)nnc13)CC(Br)=N2. The average Bonchev–Trinajstić information content (AvgIpc) is 3.56. The van der Waals surface area contributed by atoms with Crippen LogP contribution >= 0.6 is 15.9 Å². The Morgan fingerprint density at radius 2 is 2.09 bits per heavy atom. The lowest BCUT2D eigenvalue weighted by molar-refractivity contribution is 0.375. The average molecular weight is 511 g/mol. The smallest absolute Gasteiger partial charge is 0.266 e. The van der Waals surface area contributed by atoms with Crippen LogP contribution in [-0.4, -0.2) is 38.9 Å². The zero-order valence-electron chi connectivity index (χ0n) is 18.2. The third-order valence-corrected chi connectivity index (χ3v) is 6.11. The van der Waals surface area contributed by atoms with Crippen molar-refractivity contribution in [3.63, 3.8) is 0 Å². The van der Waals surface area contributed by atoms with Gasteiger partial charge in [0.2, 0.25) is 17.5 Å². The third kappa shape index (κ3) is 4.24. The first-order valence-corrected chi connectivity index (χ1v) is 11.9. The van der Waals surface area contributed by atoms with E-state index < -0.39 is 0 Å². The van der Waals surface area contributed by atoms with Crippen molar-refractivity contribution in [2.75, 3.05) is 0 Å². The zero-order chi connectivity index (χ0) is 22.8. The Balaban J connectivity index is 1.37. The molecule has 0 bridgehead atoms. The maximum absolute atomic E-state index is 13.3. The van der Waals surface area contributed by atoms with E-state index in [9.17, 15) is 4.79 Å². The Bertz CT molecular complexity index is 1370. The molecule has 0 N–H and O–H groups in total. The molecule has 1 aliphatic heterocycles. The topological polar surface area (TPSA) is 116 Å². The largest absolute Gasteiger partial charge is 0.339 e. The summed E-state index contributed by atoms with van der Waals surface area (Å²) in [7, 11) is 0. The van der Waals surface area contributed by atoms with E-state index in [4.69, 9.17) is 4.52 Å². The lowest BCUT2D eigenvalue weighted by Gasteiger charge is -2.12. The highest BCUT2D eigenvalue weighted by molar-refractivity contribution is 9.18. The minimum Gasteiger partial charge on any atom is -0.339 e. The van der Waals surface area contributed by atoms with Crippen LogP contribution < -0.4 is 5.56 Å². The molecule has 4 aromatic heterocycles. The predicted octanol–water partition coefficient (Wildman–Crippen LogP) is 3.68. The van der Waals surface area contributed by atoms with Crippen molar-refractivity contribution in [2.45, 2.75) is 58.4 Å². The molecule has 4 aromatic rings. The van der Waals surface area contributed by atoms with Gasteiger partial charge in [-0.2, -0.15) is 4.98 Å². The van der Waals surface area contributed by atoms with Gasteiger partial charge in [-0.25, -0.2) is 9.39 Å². The van der Waals surface area contributed by atoms with Crippen molar-refractivity contribution in [2.24, 2.45) is 4.99 Å². The van der Waals surface area contributed by atoms with E-state index in [0.29, 0.717) is 60.4 Å². The quantitative estimate of drug-likeness (QED) is 0.315. The lowest BCUT2D eigenvalue weighted by atomic mass is 10.2. The fourth-order valence-electron chi connectivity index (χ4n) is 4.02. The summed E-state index contributed by atoms with van der Waals surface area (Å²) in [4.78, 5) is 26.3. The fraction of sp³-hybridized carbons (Fsp3) is 0.409. The highest BCUT2D eigenvalue weighted by Crippen LogP contribution is 2.28. The van der Waals surface area contributed by atoms with Crippen molar-refractivity contribution < 1.29 is 4.52 Å². The summed E-state index contributed by atoms with van der Waals surface area (Å²) in [5.74, 6) is 2.94. The van der Waals surface area contributed by atoms with Gasteiger partial charge in [0.25, 0.3) is 5.56 Å². The fourth-order valence-corrected chi connectivity index (χ4v) is 4.46. The van der Waals surface area contributed by atoms with Crippen molar-refractivity contribution in [3.05, 3.63) is 52.2 Å². The molecule has 10 nitrogen and oxygen atoms in total. The molecule has 0 fully saturated rings. The summed E-state index contributed by atoms with van der Waals surface area (Å²) >= 11 is 3.46. The van der Waals surface area contributed by atoms with Gasteiger partial charge in [-0.15, -0.1) is 10.2 Å². The van der Waals surface area contributed by atoms with Crippen LogP contribution in [0.1, 0.15) is 49.9 Å². The second-order valence-electron chi connectivity index (χ2n) is 7.99. The molecule has 170 valence electrons. The molecule has 0 aromatic carbocycles. The standard InChI is InChI=1S/C22H23BrN8O2/c1-2-3-4-11-30-20-15(12-16(23)25-20)21(32)31-17(27-28-22(30)31)8-5-9-18-26-19(29-33-18)14-7-6-10-24-13-14/h6-7,10,13H,2-5,8-9,11-12H2,1H3. The summed E-state index contributed by atoms with van der Waals surface area (Å²) in [5, 5.41) is 12.7. The van der Waals surface area contributed by atoms with E-state index in [1.54, 1.807) is 16.8 Å². The number of nitrogens with zero attached hydrogens (tertiary/aromatic N) is 8. The van der Waals surface area contributed by atoms with E-state index in [2.05, 4.69) is 53.2 Å². The first kappa shape index (κ1) is 21.6. The van der Waals surface area contributed by atoms with Crippen molar-refractivity contribution in [1.29, 1.82) is 0 Å². The Labute approximate surface area is 197 Å². The molecular formula is C22H23BrN8O2. The first-order valence-electron chi connectivity index (χ1n) is 11.1. The molecule has 0 saturated carbocycles. The summed E-state index contributed by atoms with van der Waals surface area (Å²) in [5.41, 5.74) is 1.40. The number of halogens is 1. The number of pyridine rings is 1. The van der Waals surface area contributed by atoms with Crippen LogP contribution in [0.2, 0.25) is 0 Å².